The van der Waals surface area contributed by atoms with E-state index in [9.17, 15) is 19.2 Å². The van der Waals surface area contributed by atoms with E-state index in [1.807, 2.05) is 34.1 Å². The van der Waals surface area contributed by atoms with E-state index in [0.717, 1.165) is 35.4 Å². The van der Waals surface area contributed by atoms with Gasteiger partial charge in [-0.25, -0.2) is 4.79 Å². The fraction of sp³-hybridized carbons (Fsp3) is 0.438. The third-order valence-corrected chi connectivity index (χ3v) is 9.15. The largest absolute Gasteiger partial charge is 0.322 e. The van der Waals surface area contributed by atoms with Gasteiger partial charge in [0.1, 0.15) is 6.04 Å². The van der Waals surface area contributed by atoms with Crippen LogP contribution in [0.25, 0.3) is 5.57 Å². The lowest BCUT2D eigenvalue weighted by Gasteiger charge is -2.35. The number of carbonyl (C=O) groups excluding carboxylic acids is 4. The zero-order valence-corrected chi connectivity index (χ0v) is 24.3. The van der Waals surface area contributed by atoms with Crippen molar-refractivity contribution < 1.29 is 19.2 Å². The number of nitrogens with zero attached hydrogens (tertiary/aromatic N) is 3. The predicted molar refractivity (Wildman–Crippen MR) is 156 cm³/mol. The van der Waals surface area contributed by atoms with Crippen LogP contribution in [0.4, 0.5) is 4.79 Å². The normalized spacial score (nSPS) is 22.5. The van der Waals surface area contributed by atoms with Gasteiger partial charge < -0.3 is 14.7 Å². The molecule has 0 aromatic heterocycles. The molecule has 0 bridgehead atoms. The van der Waals surface area contributed by atoms with E-state index < -0.39 is 11.9 Å². The van der Waals surface area contributed by atoms with Crippen molar-refractivity contribution in [3.8, 4) is 0 Å². The topological polar surface area (TPSA) is 90.0 Å². The molecular weight excluding hydrogens is 540 g/mol. The van der Waals surface area contributed by atoms with Gasteiger partial charge in [-0.05, 0) is 77.1 Å². The van der Waals surface area contributed by atoms with Crippen molar-refractivity contribution in [3.05, 3.63) is 75.3 Å². The van der Waals surface area contributed by atoms with Gasteiger partial charge in [0.2, 0.25) is 11.8 Å². The van der Waals surface area contributed by atoms with Crippen LogP contribution in [0, 0.1) is 5.41 Å². The monoisotopic (exact) mass is 574 g/mol. The molecule has 2 aromatic carbocycles. The number of fused-ring (bicyclic) bond motifs is 1. The Bertz CT molecular complexity index is 1460. The summed E-state index contributed by atoms with van der Waals surface area (Å²) in [6.45, 7) is 7.34. The number of hydrogen-bond donors (Lipinski definition) is 1. The van der Waals surface area contributed by atoms with Crippen LogP contribution in [0.1, 0.15) is 73.0 Å². The maximum absolute atomic E-state index is 13.5. The van der Waals surface area contributed by atoms with Gasteiger partial charge in [0.05, 0.1) is 0 Å². The van der Waals surface area contributed by atoms with Crippen LogP contribution in [-0.2, 0) is 22.7 Å². The summed E-state index contributed by atoms with van der Waals surface area (Å²) in [5, 5.41) is 3.06. The van der Waals surface area contributed by atoms with E-state index in [1.165, 1.54) is 16.7 Å². The molecule has 1 unspecified atom stereocenters. The van der Waals surface area contributed by atoms with E-state index in [4.69, 9.17) is 11.6 Å². The number of urea groups is 1. The lowest BCUT2D eigenvalue weighted by Crippen LogP contribution is -2.52. The average Bonchev–Trinajstić information content (AvgIpc) is 3.44. The Morgan fingerprint density at radius 2 is 1.68 bits per heavy atom. The molecule has 2 saturated heterocycles. The second kappa shape index (κ2) is 10.6. The number of benzene rings is 2. The van der Waals surface area contributed by atoms with Crippen molar-refractivity contribution in [2.75, 3.05) is 19.6 Å². The summed E-state index contributed by atoms with van der Waals surface area (Å²) < 4.78 is 0. The standard InChI is InChI=1S/C32H35ClN4O4/c1-32(2)12-11-22(26(16-32)21-4-6-24(33)7-5-21)18-36-14-13-35(31(36)41)17-20-3-8-25-23(15-20)19-37(30(25)40)27-9-10-28(38)34-29(27)39/h3-8,15,27H,9-14,16-19H2,1-2H3,(H,34,38,39). The number of piperidine rings is 1. The lowest BCUT2D eigenvalue weighted by molar-refractivity contribution is -0.136. The van der Waals surface area contributed by atoms with E-state index in [-0.39, 0.29) is 29.7 Å². The Morgan fingerprint density at radius 3 is 2.41 bits per heavy atom. The molecule has 1 aliphatic carbocycles. The van der Waals surface area contributed by atoms with Crippen molar-refractivity contribution in [2.24, 2.45) is 5.41 Å². The first kappa shape index (κ1) is 27.5. The summed E-state index contributed by atoms with van der Waals surface area (Å²) >= 11 is 6.15. The molecule has 3 aliphatic heterocycles. The fourth-order valence-corrected chi connectivity index (χ4v) is 6.69. The van der Waals surface area contributed by atoms with Gasteiger partial charge in [0.15, 0.2) is 0 Å². The van der Waals surface area contributed by atoms with Crippen LogP contribution in [0.5, 0.6) is 0 Å². The second-order valence-electron chi connectivity index (χ2n) is 12.4. The molecule has 1 N–H and O–H groups in total. The van der Waals surface area contributed by atoms with E-state index in [2.05, 4.69) is 31.3 Å². The molecule has 41 heavy (non-hydrogen) atoms. The molecule has 214 valence electrons. The predicted octanol–water partition coefficient (Wildman–Crippen LogP) is 5.00. The number of halogens is 1. The van der Waals surface area contributed by atoms with Crippen molar-refractivity contribution in [1.82, 2.24) is 20.0 Å². The number of allylic oxidation sites excluding steroid dienone is 1. The molecule has 1 atom stereocenters. The molecular formula is C32H35ClN4O4. The molecule has 2 fully saturated rings. The summed E-state index contributed by atoms with van der Waals surface area (Å²) in [5.41, 5.74) is 6.43. The number of nitrogens with one attached hydrogen (secondary N) is 1. The van der Waals surface area contributed by atoms with Crippen LogP contribution >= 0.6 is 11.6 Å². The van der Waals surface area contributed by atoms with Crippen molar-refractivity contribution in [2.45, 2.75) is 65.1 Å². The highest BCUT2D eigenvalue weighted by Gasteiger charge is 2.39. The lowest BCUT2D eigenvalue weighted by atomic mass is 9.72. The molecule has 8 nitrogen and oxygen atoms in total. The van der Waals surface area contributed by atoms with Gasteiger partial charge >= 0.3 is 6.03 Å². The molecule has 0 radical (unpaired) electrons. The minimum atomic E-state index is -0.637. The molecule has 4 aliphatic rings. The third-order valence-electron chi connectivity index (χ3n) is 8.90. The van der Waals surface area contributed by atoms with E-state index >= 15 is 0 Å². The van der Waals surface area contributed by atoms with Gasteiger partial charge in [-0.1, -0.05) is 49.7 Å². The zero-order chi connectivity index (χ0) is 28.9. The van der Waals surface area contributed by atoms with E-state index in [0.29, 0.717) is 44.7 Å². The Kier molecular flexibility index (Phi) is 7.14. The van der Waals surface area contributed by atoms with Crippen LogP contribution < -0.4 is 5.32 Å². The molecule has 2 aromatic rings. The molecule has 9 heteroatoms. The Hall–Kier alpha value is -3.65. The number of rotatable bonds is 6. The maximum atomic E-state index is 13.5. The summed E-state index contributed by atoms with van der Waals surface area (Å²) in [4.78, 5) is 55.8. The summed E-state index contributed by atoms with van der Waals surface area (Å²) in [6, 6.07) is 13.1. The van der Waals surface area contributed by atoms with Gasteiger partial charge in [0, 0.05) is 49.7 Å². The minimum absolute atomic E-state index is 0.0273. The Balaban J connectivity index is 1.14. The van der Waals surface area contributed by atoms with Crippen molar-refractivity contribution in [1.29, 1.82) is 0 Å². The number of imide groups is 1. The molecule has 0 spiro atoms. The van der Waals surface area contributed by atoms with Gasteiger partial charge in [-0.15, -0.1) is 0 Å². The first-order chi connectivity index (χ1) is 19.6. The number of amides is 5. The third kappa shape index (κ3) is 5.49. The minimum Gasteiger partial charge on any atom is -0.322 e. The summed E-state index contributed by atoms with van der Waals surface area (Å²) in [5.74, 6) is -0.905. The second-order valence-corrected chi connectivity index (χ2v) is 12.9. The highest BCUT2D eigenvalue weighted by Crippen LogP contribution is 2.43. The highest BCUT2D eigenvalue weighted by molar-refractivity contribution is 6.30. The zero-order valence-electron chi connectivity index (χ0n) is 23.5. The van der Waals surface area contributed by atoms with E-state index in [1.54, 1.807) is 11.0 Å². The highest BCUT2D eigenvalue weighted by atomic mass is 35.5. The van der Waals surface area contributed by atoms with Gasteiger partial charge in [-0.3, -0.25) is 19.7 Å². The SMILES string of the molecule is CC1(C)CCC(CN2CCN(Cc3ccc4c(c3)CN(C3CCC(=O)NC3=O)C4=O)C2=O)=C(c2ccc(Cl)cc2)C1. The first-order valence-corrected chi connectivity index (χ1v) is 14.7. The number of carbonyl (C=O) groups is 4. The van der Waals surface area contributed by atoms with Crippen molar-refractivity contribution >= 4 is 40.9 Å². The average molecular weight is 575 g/mol. The van der Waals surface area contributed by atoms with Crippen LogP contribution in [-0.4, -0.2) is 64.1 Å². The summed E-state index contributed by atoms with van der Waals surface area (Å²) in [7, 11) is 0. The van der Waals surface area contributed by atoms with Crippen LogP contribution in [0.2, 0.25) is 5.02 Å². The smallest absolute Gasteiger partial charge is 0.320 e. The quantitative estimate of drug-likeness (QED) is 0.492. The molecule has 5 amide bonds. The molecule has 3 heterocycles. The van der Waals surface area contributed by atoms with Crippen LogP contribution in [0.15, 0.2) is 48.0 Å². The Labute approximate surface area is 245 Å². The van der Waals surface area contributed by atoms with Gasteiger partial charge in [-0.2, -0.15) is 0 Å². The van der Waals surface area contributed by atoms with Crippen LogP contribution in [0.3, 0.4) is 0 Å². The van der Waals surface area contributed by atoms with Crippen molar-refractivity contribution in [3.63, 3.8) is 0 Å². The number of hydrogen-bond acceptors (Lipinski definition) is 4. The maximum Gasteiger partial charge on any atom is 0.320 e. The fourth-order valence-electron chi connectivity index (χ4n) is 6.57. The summed E-state index contributed by atoms with van der Waals surface area (Å²) in [6.07, 6.45) is 3.60. The van der Waals surface area contributed by atoms with Gasteiger partial charge in [0.25, 0.3) is 5.91 Å². The molecule has 0 saturated carbocycles. The molecule has 6 rings (SSSR count). The Morgan fingerprint density at radius 1 is 0.951 bits per heavy atom. The first-order valence-electron chi connectivity index (χ1n) is 14.4.